The van der Waals surface area contributed by atoms with Crippen molar-refractivity contribution in [3.8, 4) is 0 Å². The maximum Gasteiger partial charge on any atom is 0.128 e. The molecule has 0 aromatic carbocycles. The molecule has 16 heavy (non-hydrogen) atoms. The predicted molar refractivity (Wildman–Crippen MR) is 65.7 cm³/mol. The average molecular weight is 220 g/mol. The highest BCUT2D eigenvalue weighted by Crippen LogP contribution is 2.28. The molecule has 1 heterocycles. The molecule has 3 heteroatoms. The van der Waals surface area contributed by atoms with Gasteiger partial charge in [-0.3, -0.25) is 0 Å². The second kappa shape index (κ2) is 5.30. The number of hydrogen-bond acceptors (Lipinski definition) is 3. The van der Waals surface area contributed by atoms with Gasteiger partial charge in [0.15, 0.2) is 0 Å². The van der Waals surface area contributed by atoms with Gasteiger partial charge in [-0.25, -0.2) is 4.98 Å². The van der Waals surface area contributed by atoms with Gasteiger partial charge in [-0.05, 0) is 44.2 Å². The van der Waals surface area contributed by atoms with Crippen molar-refractivity contribution in [3.63, 3.8) is 0 Å². The molecule has 88 valence electrons. The molecule has 0 saturated heterocycles. The van der Waals surface area contributed by atoms with E-state index in [0.29, 0.717) is 6.04 Å². The van der Waals surface area contributed by atoms with Crippen molar-refractivity contribution in [3.05, 3.63) is 23.9 Å². The Labute approximate surface area is 97.1 Å². The Morgan fingerprint density at radius 2 is 2.25 bits per heavy atom. The number of hydrogen-bond donors (Lipinski definition) is 1. The fourth-order valence-electron chi connectivity index (χ4n) is 2.05. The summed E-state index contributed by atoms with van der Waals surface area (Å²) in [6.07, 6.45) is 6.60. The molecule has 1 fully saturated rings. The normalized spacial score (nSPS) is 15.9. The summed E-state index contributed by atoms with van der Waals surface area (Å²) >= 11 is 0. The number of aliphatic hydroxyl groups is 1. The second-order valence-electron chi connectivity index (χ2n) is 4.55. The van der Waals surface area contributed by atoms with Crippen molar-refractivity contribution in [2.24, 2.45) is 0 Å². The Hall–Kier alpha value is -1.09. The molecule has 0 bridgehead atoms. The first kappa shape index (κ1) is 11.4. The molecule has 0 radical (unpaired) electrons. The zero-order valence-corrected chi connectivity index (χ0v) is 9.89. The average Bonchev–Trinajstić information content (AvgIpc) is 2.23. The van der Waals surface area contributed by atoms with E-state index in [1.54, 1.807) is 0 Å². The number of aromatic nitrogens is 1. The van der Waals surface area contributed by atoms with Gasteiger partial charge in [0.2, 0.25) is 0 Å². The van der Waals surface area contributed by atoms with Gasteiger partial charge in [0.25, 0.3) is 0 Å². The Bertz CT molecular complexity index is 319. The van der Waals surface area contributed by atoms with E-state index in [1.165, 1.54) is 24.8 Å². The molecule has 0 atom stereocenters. The molecular weight excluding hydrogens is 200 g/mol. The first-order chi connectivity index (χ1) is 7.81. The number of anilines is 1. The fourth-order valence-corrected chi connectivity index (χ4v) is 2.05. The number of aryl methyl sites for hydroxylation is 1. The highest BCUT2D eigenvalue weighted by atomic mass is 16.3. The largest absolute Gasteiger partial charge is 0.396 e. The van der Waals surface area contributed by atoms with Gasteiger partial charge < -0.3 is 10.0 Å². The van der Waals surface area contributed by atoms with E-state index < -0.39 is 0 Å². The molecule has 1 aromatic heterocycles. The van der Waals surface area contributed by atoms with Crippen LogP contribution in [-0.2, 0) is 0 Å². The van der Waals surface area contributed by atoms with Gasteiger partial charge in [-0.1, -0.05) is 6.07 Å². The summed E-state index contributed by atoms with van der Waals surface area (Å²) in [4.78, 5) is 6.83. The summed E-state index contributed by atoms with van der Waals surface area (Å²) < 4.78 is 0. The number of pyridine rings is 1. The zero-order chi connectivity index (χ0) is 11.4. The summed E-state index contributed by atoms with van der Waals surface area (Å²) in [5.41, 5.74) is 1.19. The topological polar surface area (TPSA) is 36.4 Å². The van der Waals surface area contributed by atoms with Crippen LogP contribution in [0.4, 0.5) is 5.82 Å². The van der Waals surface area contributed by atoms with Crippen molar-refractivity contribution in [1.82, 2.24) is 4.98 Å². The molecule has 0 amide bonds. The van der Waals surface area contributed by atoms with E-state index in [4.69, 9.17) is 5.11 Å². The second-order valence-corrected chi connectivity index (χ2v) is 4.55. The standard InChI is InChI=1S/C13H20N2O/c1-11-6-7-13(14-10-11)15(8-3-9-16)12-4-2-5-12/h6-7,10,12,16H,2-5,8-9H2,1H3. The van der Waals surface area contributed by atoms with Crippen LogP contribution in [0.5, 0.6) is 0 Å². The summed E-state index contributed by atoms with van der Waals surface area (Å²) in [6.45, 7) is 3.23. The van der Waals surface area contributed by atoms with E-state index in [-0.39, 0.29) is 6.61 Å². The molecule has 2 rings (SSSR count). The molecule has 1 aliphatic carbocycles. The quantitative estimate of drug-likeness (QED) is 0.826. The molecule has 0 aliphatic heterocycles. The molecule has 1 N–H and O–H groups in total. The van der Waals surface area contributed by atoms with Gasteiger partial charge in [0, 0.05) is 25.4 Å². The van der Waals surface area contributed by atoms with Crippen LogP contribution in [0.1, 0.15) is 31.2 Å². The van der Waals surface area contributed by atoms with Crippen LogP contribution < -0.4 is 4.90 Å². The summed E-state index contributed by atoms with van der Waals surface area (Å²) in [7, 11) is 0. The lowest BCUT2D eigenvalue weighted by atomic mass is 9.91. The van der Waals surface area contributed by atoms with E-state index in [9.17, 15) is 0 Å². The van der Waals surface area contributed by atoms with Crippen LogP contribution in [0, 0.1) is 6.92 Å². The number of rotatable bonds is 5. The molecule has 3 nitrogen and oxygen atoms in total. The third-order valence-corrected chi connectivity index (χ3v) is 3.26. The van der Waals surface area contributed by atoms with Crippen LogP contribution in [0.2, 0.25) is 0 Å². The monoisotopic (exact) mass is 220 g/mol. The van der Waals surface area contributed by atoms with Crippen molar-refractivity contribution in [2.75, 3.05) is 18.1 Å². The molecule has 1 saturated carbocycles. The van der Waals surface area contributed by atoms with Crippen LogP contribution in [0.25, 0.3) is 0 Å². The minimum atomic E-state index is 0.259. The SMILES string of the molecule is Cc1ccc(N(CCCO)C2CCC2)nc1. The third kappa shape index (κ3) is 2.53. The van der Waals surface area contributed by atoms with Crippen molar-refractivity contribution in [1.29, 1.82) is 0 Å². The maximum absolute atomic E-state index is 8.93. The molecular formula is C13H20N2O. The molecule has 0 unspecified atom stereocenters. The fraction of sp³-hybridized carbons (Fsp3) is 0.615. The Morgan fingerprint density at radius 3 is 2.75 bits per heavy atom. The lowest BCUT2D eigenvalue weighted by Gasteiger charge is -2.38. The van der Waals surface area contributed by atoms with Gasteiger partial charge in [0.05, 0.1) is 0 Å². The van der Waals surface area contributed by atoms with Crippen LogP contribution >= 0.6 is 0 Å². The minimum Gasteiger partial charge on any atom is -0.396 e. The van der Waals surface area contributed by atoms with Crippen molar-refractivity contribution < 1.29 is 5.11 Å². The van der Waals surface area contributed by atoms with Gasteiger partial charge in [0.1, 0.15) is 5.82 Å². The Balaban J connectivity index is 2.07. The predicted octanol–water partition coefficient (Wildman–Crippen LogP) is 2.13. The highest BCUT2D eigenvalue weighted by Gasteiger charge is 2.25. The summed E-state index contributed by atoms with van der Waals surface area (Å²) in [6, 6.07) is 4.83. The summed E-state index contributed by atoms with van der Waals surface area (Å²) in [5.74, 6) is 1.06. The van der Waals surface area contributed by atoms with Gasteiger partial charge in [-0.15, -0.1) is 0 Å². The van der Waals surface area contributed by atoms with Crippen LogP contribution in [-0.4, -0.2) is 29.3 Å². The maximum atomic E-state index is 8.93. The number of nitrogens with zero attached hydrogens (tertiary/aromatic N) is 2. The zero-order valence-electron chi connectivity index (χ0n) is 9.89. The van der Waals surface area contributed by atoms with E-state index in [0.717, 1.165) is 18.8 Å². The molecule has 1 aliphatic rings. The Morgan fingerprint density at radius 1 is 1.44 bits per heavy atom. The summed E-state index contributed by atoms with van der Waals surface area (Å²) in [5, 5.41) is 8.93. The lowest BCUT2D eigenvalue weighted by Crippen LogP contribution is -2.41. The van der Waals surface area contributed by atoms with Crippen LogP contribution in [0.15, 0.2) is 18.3 Å². The van der Waals surface area contributed by atoms with E-state index in [2.05, 4.69) is 28.9 Å². The van der Waals surface area contributed by atoms with Crippen LogP contribution in [0.3, 0.4) is 0 Å². The lowest BCUT2D eigenvalue weighted by molar-refractivity contribution is 0.282. The highest BCUT2D eigenvalue weighted by molar-refractivity contribution is 5.41. The first-order valence-corrected chi connectivity index (χ1v) is 6.11. The van der Waals surface area contributed by atoms with E-state index >= 15 is 0 Å². The number of aliphatic hydroxyl groups excluding tert-OH is 1. The third-order valence-electron chi connectivity index (χ3n) is 3.26. The molecule has 0 spiro atoms. The van der Waals surface area contributed by atoms with Gasteiger partial charge >= 0.3 is 0 Å². The minimum absolute atomic E-state index is 0.259. The van der Waals surface area contributed by atoms with Crippen molar-refractivity contribution >= 4 is 5.82 Å². The van der Waals surface area contributed by atoms with E-state index in [1.807, 2.05) is 6.20 Å². The van der Waals surface area contributed by atoms with Gasteiger partial charge in [-0.2, -0.15) is 0 Å². The smallest absolute Gasteiger partial charge is 0.128 e. The Kier molecular flexibility index (Phi) is 3.78. The first-order valence-electron chi connectivity index (χ1n) is 6.11. The molecule has 1 aromatic rings. The van der Waals surface area contributed by atoms with Crippen molar-refractivity contribution in [2.45, 2.75) is 38.6 Å².